The third-order valence-electron chi connectivity index (χ3n) is 10.4. The van der Waals surface area contributed by atoms with Gasteiger partial charge in [-0.3, -0.25) is 24.7 Å². The van der Waals surface area contributed by atoms with E-state index in [9.17, 15) is 29.2 Å². The Morgan fingerprint density at radius 1 is 0.857 bits per heavy atom. The predicted molar refractivity (Wildman–Crippen MR) is 259 cm³/mol. The van der Waals surface area contributed by atoms with Crippen LogP contribution in [0.2, 0.25) is 0 Å². The Bertz CT molecular complexity index is 2620. The Hall–Kier alpha value is -7.82. The number of anilines is 1. The van der Waals surface area contributed by atoms with E-state index in [2.05, 4.69) is 19.8 Å². The van der Waals surface area contributed by atoms with Crippen LogP contribution in [0.15, 0.2) is 124 Å². The number of fused-ring (bicyclic) bond motifs is 3. The second kappa shape index (κ2) is 26.7. The van der Waals surface area contributed by atoms with Crippen molar-refractivity contribution in [2.24, 2.45) is 15.7 Å². The number of aromatic hydroxyl groups is 2. The summed E-state index contributed by atoms with van der Waals surface area (Å²) >= 11 is 0. The molecule has 23 heteroatoms. The number of carbonyl (C=O) groups is 3. The molecule has 2 unspecified atom stereocenters. The number of aliphatic imine (C=N–C) groups is 2. The van der Waals surface area contributed by atoms with Crippen LogP contribution < -0.4 is 25.2 Å². The van der Waals surface area contributed by atoms with E-state index >= 15 is 0 Å². The Balaban J connectivity index is 0.00000432. The molecule has 387 valence electrons. The number of phenolic OH excluding ortho intramolecular Hbond substituents is 2. The van der Waals surface area contributed by atoms with Gasteiger partial charge in [-0.15, -0.1) is 0 Å². The van der Waals surface area contributed by atoms with Gasteiger partial charge < -0.3 is 40.0 Å². The van der Waals surface area contributed by atoms with Crippen LogP contribution in [0, 0.1) is 0 Å². The molecule has 0 fully saturated rings. The molecule has 6 rings (SSSR count). The number of phosphoric acid groups is 1. The standard InChI is InChI=1S/C47H50N5O12PS2.Cu.2Fm/c1-52(47(57)63-33-18-20-43(54)31(23-33)26-50-32(11-9-10-22-48)27-49-25-30-24-34(19-21-42(30)53)64-65(58,59)60)41-16-7-8-17-44(41)67-66-29-40(45(55)61-2)51-46(56)62-28-39-37-14-5-3-12-35(37)36-13-4-6-15-38(36)39;;;/h3-8,12-21,23-26,32,39-40,53-54H,9-11,22,27-29,48H2,1-2H3,(H,51,56)(H2,58,59,60);;;. The minimum atomic E-state index is -4.82. The molecule has 2 amide bonds. The largest absolute Gasteiger partial charge is 0.524 e. The summed E-state index contributed by atoms with van der Waals surface area (Å²) in [6.45, 7) is 0.703. The molecule has 1 aliphatic rings. The zero-order valence-corrected chi connectivity index (χ0v) is 45.6. The van der Waals surface area contributed by atoms with Crippen molar-refractivity contribution in [1.82, 2.24) is 5.32 Å². The van der Waals surface area contributed by atoms with E-state index < -0.39 is 38.1 Å². The maximum absolute atomic E-state index is 13.5. The number of para-hydroxylation sites is 1. The topological polar surface area (TPSA) is 252 Å². The minimum absolute atomic E-state index is 0. The zero-order chi connectivity index (χ0) is 47.9. The maximum Gasteiger partial charge on any atom is 0.524 e. The van der Waals surface area contributed by atoms with Crippen molar-refractivity contribution in [3.8, 4) is 34.1 Å². The number of alkyl carbamates (subject to hydrolysis) is 1. The van der Waals surface area contributed by atoms with E-state index in [1.165, 1.54) is 89.5 Å². The van der Waals surface area contributed by atoms with Crippen LogP contribution in [0.1, 0.15) is 47.4 Å². The Morgan fingerprint density at radius 3 is 2.10 bits per heavy atom. The molecule has 2 atom stereocenters. The molecule has 0 saturated carbocycles. The molecule has 0 aliphatic heterocycles. The first-order valence-corrected chi connectivity index (χ1v) is 24.8. The monoisotopic (exact) mass is 1550 g/mol. The van der Waals surface area contributed by atoms with Gasteiger partial charge in [0.15, 0.2) is 0 Å². The second-order valence-corrected chi connectivity index (χ2v) is 18.6. The number of methoxy groups -OCH3 is 1. The first-order valence-electron chi connectivity index (χ1n) is 20.9. The summed E-state index contributed by atoms with van der Waals surface area (Å²) < 4.78 is 32.2. The summed E-state index contributed by atoms with van der Waals surface area (Å²) in [5.41, 5.74) is 10.9. The second-order valence-electron chi connectivity index (χ2n) is 15.0. The summed E-state index contributed by atoms with van der Waals surface area (Å²) in [6.07, 6.45) is 3.32. The van der Waals surface area contributed by atoms with Gasteiger partial charge in [0.25, 0.3) is 0 Å². The minimum Gasteiger partial charge on any atom is -0.507 e. The van der Waals surface area contributed by atoms with Crippen LogP contribution in [0.3, 0.4) is 0 Å². The molecule has 1 radical (unpaired) electrons. The third kappa shape index (κ3) is 15.3. The van der Waals surface area contributed by atoms with Crippen LogP contribution in [0.4, 0.5) is 15.3 Å². The van der Waals surface area contributed by atoms with Crippen molar-refractivity contribution in [2.45, 2.75) is 42.2 Å². The number of esters is 1. The number of benzene rings is 5. The fourth-order valence-corrected chi connectivity index (χ4v) is 9.84. The van der Waals surface area contributed by atoms with Gasteiger partial charge in [0.1, 0.15) is 35.6 Å². The molecule has 0 bridgehead atoms. The van der Waals surface area contributed by atoms with Crippen LogP contribution in [-0.4, -0.2) is 102 Å². The van der Waals surface area contributed by atoms with Crippen LogP contribution in [0.25, 0.3) is 11.1 Å². The molecule has 0 heterocycles. The van der Waals surface area contributed by atoms with Gasteiger partial charge >= 0.3 is 26.0 Å². The first kappa shape index (κ1) is 56.5. The number of rotatable bonds is 21. The van der Waals surface area contributed by atoms with Crippen LogP contribution >= 0.6 is 29.4 Å². The zero-order valence-electron chi connectivity index (χ0n) is 37.3. The predicted octanol–water partition coefficient (Wildman–Crippen LogP) is 8.06. The van der Waals surface area contributed by atoms with Gasteiger partial charge in [-0.1, -0.05) is 88.7 Å². The SMILES string of the molecule is COC(=O)C(CSSc1ccccc1N(C)C(=O)Oc1ccc(O)c(C=NC(CCCCN)CN=Cc2cc(OP(=O)(O)O)ccc2O)c1)NC(=O)OCC1c2ccccc2-c2ccccc21.[Cu].[Fm].[Fm]. The molecule has 0 saturated heterocycles. The smallest absolute Gasteiger partial charge is 0.507 e. The quantitative estimate of drug-likeness (QED) is 0.0102. The number of phenols is 2. The van der Waals surface area contributed by atoms with Gasteiger partial charge in [-0.2, -0.15) is 0 Å². The molecule has 0 aromatic heterocycles. The number of carbonyl (C=O) groups excluding carboxylic acids is 3. The van der Waals surface area contributed by atoms with Gasteiger partial charge in [-0.05, 0) is 90.2 Å². The van der Waals surface area contributed by atoms with Gasteiger partial charge in [0, 0.05) is 64.2 Å². The van der Waals surface area contributed by atoms with Crippen LogP contribution in [0.5, 0.6) is 23.0 Å². The summed E-state index contributed by atoms with van der Waals surface area (Å²) in [7, 11) is 0.506. The number of nitrogens with one attached hydrogen (secondary N) is 1. The van der Waals surface area contributed by atoms with Crippen molar-refractivity contribution < 1.29 is 74.8 Å². The number of unbranched alkanes of at least 4 members (excludes halogenated alkanes) is 1. The summed E-state index contributed by atoms with van der Waals surface area (Å²) in [5.74, 6) is -1.03. The van der Waals surface area contributed by atoms with Gasteiger partial charge in [0.05, 0.1) is 25.4 Å². The normalized spacial score (nSPS) is 12.6. The van der Waals surface area contributed by atoms with E-state index in [-0.39, 0.29) is 76.0 Å². The van der Waals surface area contributed by atoms with Crippen molar-refractivity contribution >= 4 is 65.7 Å². The number of hydrogen-bond donors (Lipinski definition) is 6. The molecule has 70 heavy (non-hydrogen) atoms. The third-order valence-corrected chi connectivity index (χ3v) is 13.3. The number of ether oxygens (including phenoxy) is 3. The van der Waals surface area contributed by atoms with E-state index in [0.29, 0.717) is 23.5 Å². The molecule has 5 aromatic carbocycles. The molecule has 7 N–H and O–H groups in total. The van der Waals surface area contributed by atoms with Gasteiger partial charge in [0.2, 0.25) is 0 Å². The molecule has 17 nitrogen and oxygen atoms in total. The number of nitrogens with two attached hydrogens (primary N) is 1. The van der Waals surface area contributed by atoms with E-state index in [0.717, 1.165) is 35.1 Å². The number of hydrogen-bond acceptors (Lipinski definition) is 15. The summed E-state index contributed by atoms with van der Waals surface area (Å²) in [6, 6.07) is 29.6. The van der Waals surface area contributed by atoms with Crippen molar-refractivity contribution in [2.75, 3.05) is 44.5 Å². The maximum atomic E-state index is 13.5. The van der Waals surface area contributed by atoms with Crippen molar-refractivity contribution in [3.63, 3.8) is 0 Å². The van der Waals surface area contributed by atoms with Crippen LogP contribution in [-0.2, 0) is 35.9 Å². The van der Waals surface area contributed by atoms with E-state index in [1.807, 2.05) is 48.5 Å². The molecule has 5 aromatic rings. The summed E-state index contributed by atoms with van der Waals surface area (Å²) in [5, 5.41) is 23.6. The Kier molecular flexibility index (Phi) is 21.5. The fourth-order valence-electron chi connectivity index (χ4n) is 7.06. The van der Waals surface area contributed by atoms with Gasteiger partial charge in [-0.25, -0.2) is 18.9 Å². The van der Waals surface area contributed by atoms with E-state index in [1.54, 1.807) is 24.3 Å². The van der Waals surface area contributed by atoms with Crippen molar-refractivity contribution in [1.29, 1.82) is 0 Å². The molecular weight excluding hydrogens is 1500 g/mol. The Labute approximate surface area is 411 Å². The number of nitrogens with zero attached hydrogens (tertiary/aromatic N) is 3. The fraction of sp³-hybridized carbons (Fsp3) is 0.255. The van der Waals surface area contributed by atoms with E-state index in [4.69, 9.17) is 29.7 Å². The average Bonchev–Trinajstić information content (AvgIpc) is 3.63. The molecular formula is C47H50CuFm2N5O12PS2. The number of phosphoric ester groups is 1. The Morgan fingerprint density at radius 2 is 1.46 bits per heavy atom. The molecule has 0 spiro atoms. The first-order chi connectivity index (χ1) is 32.2. The number of amides is 2. The van der Waals surface area contributed by atoms with Crippen molar-refractivity contribution in [3.05, 3.63) is 131 Å². The summed E-state index contributed by atoms with van der Waals surface area (Å²) in [4.78, 5) is 68.6. The molecule has 1 aliphatic carbocycles. The average molecular weight is 1550 g/mol.